The quantitative estimate of drug-likeness (QED) is 0.795. The van der Waals surface area contributed by atoms with E-state index in [2.05, 4.69) is 4.99 Å². The standard InChI is InChI=1S/C14H16BF2N3OS/c1-9-10(2)22-14-18-13(21-15(16,17)20(9)14)11-5-7-12(8-6-11)19(3)4/h5-8H,1-4H3. The lowest BCUT2D eigenvalue weighted by Crippen LogP contribution is -2.64. The summed E-state index contributed by atoms with van der Waals surface area (Å²) in [6.07, 6.45) is 0. The molecule has 0 atom stereocenters. The van der Waals surface area contributed by atoms with Gasteiger partial charge >= 0.3 is 12.2 Å². The van der Waals surface area contributed by atoms with Crippen molar-refractivity contribution in [3.8, 4) is 0 Å². The first-order chi connectivity index (χ1) is 10.3. The predicted molar refractivity (Wildman–Crippen MR) is 85.4 cm³/mol. The lowest BCUT2D eigenvalue weighted by molar-refractivity contribution is -0.570. The SMILES string of the molecule is Cc1sc2[n+](c1C)[B-](F)(F)OC(c1ccc(N(C)C)cc1)=N2. The van der Waals surface area contributed by atoms with Crippen molar-refractivity contribution in [3.05, 3.63) is 40.4 Å². The molecule has 0 saturated carbocycles. The van der Waals surface area contributed by atoms with Crippen LogP contribution in [0.15, 0.2) is 29.3 Å². The van der Waals surface area contributed by atoms with Gasteiger partial charge in [0.1, 0.15) is 0 Å². The van der Waals surface area contributed by atoms with Gasteiger partial charge in [0.05, 0.1) is 11.3 Å². The van der Waals surface area contributed by atoms with Gasteiger partial charge in [0.25, 0.3) is 5.90 Å². The van der Waals surface area contributed by atoms with Crippen LogP contribution in [0.25, 0.3) is 0 Å². The number of benzene rings is 1. The van der Waals surface area contributed by atoms with E-state index in [4.69, 9.17) is 4.65 Å². The molecule has 0 unspecified atom stereocenters. The molecule has 2 aromatic rings. The molecule has 0 aliphatic carbocycles. The maximum absolute atomic E-state index is 14.3. The van der Waals surface area contributed by atoms with Crippen molar-refractivity contribution in [1.29, 1.82) is 0 Å². The number of aryl methyl sites for hydroxylation is 1. The van der Waals surface area contributed by atoms with E-state index in [1.54, 1.807) is 26.0 Å². The molecule has 0 radical (unpaired) electrons. The second-order valence-corrected chi connectivity index (χ2v) is 6.62. The van der Waals surface area contributed by atoms with Crippen molar-refractivity contribution < 1.29 is 17.8 Å². The van der Waals surface area contributed by atoms with E-state index in [9.17, 15) is 8.63 Å². The number of fused-ring (bicyclic) bond motifs is 1. The predicted octanol–water partition coefficient (Wildman–Crippen LogP) is 3.05. The number of halogens is 2. The summed E-state index contributed by atoms with van der Waals surface area (Å²) in [5.41, 5.74) is 2.02. The van der Waals surface area contributed by atoms with Crippen LogP contribution in [-0.2, 0) is 4.65 Å². The lowest BCUT2D eigenvalue weighted by atomic mass is 10.0. The third-order valence-electron chi connectivity index (χ3n) is 3.70. The van der Waals surface area contributed by atoms with Gasteiger partial charge in [-0.1, -0.05) is 11.3 Å². The molecule has 1 aliphatic rings. The summed E-state index contributed by atoms with van der Waals surface area (Å²) in [6, 6.07) is 7.17. The van der Waals surface area contributed by atoms with Crippen LogP contribution in [0.1, 0.15) is 16.1 Å². The zero-order chi connectivity index (χ0) is 16.1. The molecule has 1 aromatic heterocycles. The maximum Gasteiger partial charge on any atom is 0.737 e. The van der Waals surface area contributed by atoms with Crippen LogP contribution in [0.5, 0.6) is 0 Å². The molecule has 1 aliphatic heterocycles. The number of aromatic nitrogens is 1. The molecular weight excluding hydrogens is 307 g/mol. The number of hydrogen-bond donors (Lipinski definition) is 0. The second kappa shape index (κ2) is 5.05. The van der Waals surface area contributed by atoms with E-state index in [-0.39, 0.29) is 11.0 Å². The Labute approximate surface area is 131 Å². The molecule has 0 bridgehead atoms. The molecule has 0 saturated heterocycles. The van der Waals surface area contributed by atoms with Gasteiger partial charge in [-0.05, 0) is 38.1 Å². The molecular formula is C14H16BF2N3OS. The number of rotatable bonds is 2. The van der Waals surface area contributed by atoms with E-state index >= 15 is 0 Å². The first kappa shape index (κ1) is 15.0. The summed E-state index contributed by atoms with van der Waals surface area (Å²) in [6.45, 7) is 3.46. The summed E-state index contributed by atoms with van der Waals surface area (Å²) in [4.78, 5) is 7.01. The van der Waals surface area contributed by atoms with Crippen molar-refractivity contribution >= 4 is 35.1 Å². The summed E-state index contributed by atoms with van der Waals surface area (Å²) in [7, 11) is -0.314. The van der Waals surface area contributed by atoms with Crippen molar-refractivity contribution in [2.24, 2.45) is 4.99 Å². The maximum atomic E-state index is 14.3. The Morgan fingerprint density at radius 3 is 2.41 bits per heavy atom. The normalized spacial score (nSPS) is 15.8. The van der Waals surface area contributed by atoms with Gasteiger partial charge in [-0.3, -0.25) is 0 Å². The smallest absolute Gasteiger partial charge is 0.590 e. The van der Waals surface area contributed by atoms with Crippen molar-refractivity contribution in [2.45, 2.75) is 13.8 Å². The topological polar surface area (TPSA) is 28.7 Å². The monoisotopic (exact) mass is 323 g/mol. The highest BCUT2D eigenvalue weighted by Crippen LogP contribution is 2.30. The molecule has 2 heterocycles. The summed E-state index contributed by atoms with van der Waals surface area (Å²) in [5.74, 6) is -0.0310. The Kier molecular flexibility index (Phi) is 3.43. The van der Waals surface area contributed by atoms with Crippen LogP contribution in [0.4, 0.5) is 19.5 Å². The highest BCUT2D eigenvalue weighted by molar-refractivity contribution is 7.15. The average molecular weight is 323 g/mol. The van der Waals surface area contributed by atoms with E-state index in [1.165, 1.54) is 11.3 Å². The second-order valence-electron chi connectivity index (χ2n) is 5.43. The fourth-order valence-electron chi connectivity index (χ4n) is 2.34. The van der Waals surface area contributed by atoms with Gasteiger partial charge in [0.2, 0.25) is 0 Å². The van der Waals surface area contributed by atoms with Gasteiger partial charge in [-0.2, -0.15) is 0 Å². The fourth-order valence-corrected chi connectivity index (χ4v) is 3.35. The molecule has 3 rings (SSSR count). The molecule has 22 heavy (non-hydrogen) atoms. The van der Waals surface area contributed by atoms with Gasteiger partial charge in [0.15, 0.2) is 0 Å². The average Bonchev–Trinajstić information content (AvgIpc) is 2.74. The number of hydrogen-bond acceptors (Lipinski definition) is 4. The van der Waals surface area contributed by atoms with Gasteiger partial charge in [0, 0.05) is 29.7 Å². The molecule has 1 aromatic carbocycles. The Bertz CT molecular complexity index is 756. The Hall–Kier alpha value is -1.96. The van der Waals surface area contributed by atoms with Crippen LogP contribution >= 0.6 is 11.3 Å². The molecule has 0 spiro atoms. The molecule has 0 N–H and O–H groups in total. The fraction of sp³-hybridized carbons (Fsp3) is 0.286. The zero-order valence-corrected chi connectivity index (χ0v) is 13.6. The molecule has 8 heteroatoms. The summed E-state index contributed by atoms with van der Waals surface area (Å²) in [5, 5.41) is 0.276. The third kappa shape index (κ3) is 2.37. The summed E-state index contributed by atoms with van der Waals surface area (Å²) < 4.78 is 34.5. The van der Waals surface area contributed by atoms with Gasteiger partial charge in [-0.25, -0.2) is 0 Å². The number of thiazole rings is 1. The number of anilines is 1. The Balaban J connectivity index is 2.05. The highest BCUT2D eigenvalue weighted by Gasteiger charge is 2.49. The lowest BCUT2D eigenvalue weighted by Gasteiger charge is -2.26. The van der Waals surface area contributed by atoms with E-state index in [1.807, 2.05) is 31.1 Å². The zero-order valence-electron chi connectivity index (χ0n) is 12.8. The first-order valence-corrected chi connectivity index (χ1v) is 7.69. The Morgan fingerprint density at radius 1 is 1.18 bits per heavy atom. The van der Waals surface area contributed by atoms with E-state index in [0.29, 0.717) is 11.3 Å². The molecule has 0 fully saturated rings. The van der Waals surface area contributed by atoms with Gasteiger partial charge in [-0.15, -0.1) is 0 Å². The minimum absolute atomic E-state index is 0.0310. The first-order valence-electron chi connectivity index (χ1n) is 6.88. The van der Waals surface area contributed by atoms with Crippen LogP contribution in [0, 0.1) is 13.8 Å². The minimum atomic E-state index is -4.15. The van der Waals surface area contributed by atoms with Crippen LogP contribution in [-0.4, -0.2) is 27.0 Å². The molecule has 4 nitrogen and oxygen atoms in total. The van der Waals surface area contributed by atoms with Crippen LogP contribution in [0.2, 0.25) is 0 Å². The van der Waals surface area contributed by atoms with E-state index < -0.39 is 7.04 Å². The third-order valence-corrected chi connectivity index (χ3v) is 4.78. The molecule has 0 amide bonds. The number of aliphatic imine (C=N–C) groups is 1. The minimum Gasteiger partial charge on any atom is -0.590 e. The van der Waals surface area contributed by atoms with Crippen molar-refractivity contribution in [3.63, 3.8) is 0 Å². The van der Waals surface area contributed by atoms with E-state index in [0.717, 1.165) is 15.0 Å². The van der Waals surface area contributed by atoms with Crippen LogP contribution < -0.4 is 9.38 Å². The largest absolute Gasteiger partial charge is 0.737 e. The van der Waals surface area contributed by atoms with Gasteiger partial charge < -0.3 is 22.7 Å². The van der Waals surface area contributed by atoms with Crippen molar-refractivity contribution in [2.75, 3.05) is 19.0 Å². The number of nitrogens with zero attached hydrogens (tertiary/aromatic N) is 3. The Morgan fingerprint density at radius 2 is 1.82 bits per heavy atom. The van der Waals surface area contributed by atoms with Crippen molar-refractivity contribution in [1.82, 2.24) is 0 Å². The van der Waals surface area contributed by atoms with Crippen LogP contribution in [0.3, 0.4) is 0 Å². The summed E-state index contributed by atoms with van der Waals surface area (Å²) >= 11 is 1.25. The molecule has 116 valence electrons. The highest BCUT2D eigenvalue weighted by atomic mass is 32.1.